The van der Waals surface area contributed by atoms with Gasteiger partial charge in [0.1, 0.15) is 35.2 Å². The molecule has 11 heteroatoms. The van der Waals surface area contributed by atoms with Crippen LogP contribution in [0.1, 0.15) is 48.3 Å². The van der Waals surface area contributed by atoms with Gasteiger partial charge in [-0.15, -0.1) is 0 Å². The van der Waals surface area contributed by atoms with Crippen LogP contribution in [-0.2, 0) is 25.6 Å². The van der Waals surface area contributed by atoms with E-state index in [0.717, 1.165) is 36.8 Å². The van der Waals surface area contributed by atoms with Crippen LogP contribution in [0.2, 0.25) is 0 Å². The Morgan fingerprint density at radius 1 is 0.923 bits per heavy atom. The average Bonchev–Trinajstić information content (AvgIpc) is 2.89. The average molecular weight is 558 g/mol. The predicted octanol–water partition coefficient (Wildman–Crippen LogP) is 7.55. The quantitative estimate of drug-likeness (QED) is 0.298. The lowest BCUT2D eigenvalue weighted by atomic mass is 9.95. The molecule has 0 spiro atoms. The molecule has 2 aromatic rings. The monoisotopic (exact) mass is 558 g/mol. The van der Waals surface area contributed by atoms with Crippen LogP contribution in [0, 0.1) is 23.3 Å². The van der Waals surface area contributed by atoms with Crippen molar-refractivity contribution >= 4 is 11.6 Å². The van der Waals surface area contributed by atoms with Crippen molar-refractivity contribution in [1.82, 2.24) is 0 Å². The molecule has 1 unspecified atom stereocenters. The van der Waals surface area contributed by atoms with Crippen LogP contribution >= 0.6 is 0 Å². The molecular weight excluding hydrogens is 533 g/mol. The van der Waals surface area contributed by atoms with E-state index in [1.54, 1.807) is 0 Å². The van der Waals surface area contributed by atoms with Crippen LogP contribution in [0.4, 0.5) is 30.7 Å². The summed E-state index contributed by atoms with van der Waals surface area (Å²) in [6.45, 7) is 2.41. The van der Waals surface area contributed by atoms with Gasteiger partial charge >= 0.3 is 0 Å². The predicted molar refractivity (Wildman–Crippen MR) is 128 cm³/mol. The molecule has 2 aliphatic rings. The zero-order valence-corrected chi connectivity index (χ0v) is 20.8. The van der Waals surface area contributed by atoms with Crippen LogP contribution in [0.3, 0.4) is 0 Å². The lowest BCUT2D eigenvalue weighted by Crippen LogP contribution is -2.33. The molecule has 210 valence electrons. The van der Waals surface area contributed by atoms with Gasteiger partial charge in [0.15, 0.2) is 6.29 Å². The molecule has 1 aliphatic heterocycles. The van der Waals surface area contributed by atoms with Crippen molar-refractivity contribution in [3.8, 4) is 0 Å². The summed E-state index contributed by atoms with van der Waals surface area (Å²) < 4.78 is 119. The van der Waals surface area contributed by atoms with Crippen molar-refractivity contribution in [2.24, 2.45) is 0 Å². The first-order chi connectivity index (χ1) is 18.7. The Kier molecular flexibility index (Phi) is 9.60. The molecule has 1 atom stereocenters. The molecular formula is C28H25F7O4. The highest BCUT2D eigenvalue weighted by Crippen LogP contribution is 2.33. The highest BCUT2D eigenvalue weighted by Gasteiger charge is 2.27. The molecule has 0 aromatic heterocycles. The number of halogens is 7. The third kappa shape index (κ3) is 7.16. The zero-order chi connectivity index (χ0) is 28.1. The van der Waals surface area contributed by atoms with E-state index in [9.17, 15) is 30.7 Å². The minimum atomic E-state index is -2.28. The first kappa shape index (κ1) is 29.0. The van der Waals surface area contributed by atoms with Gasteiger partial charge in [0.25, 0.3) is 6.08 Å². The Morgan fingerprint density at radius 3 is 2.13 bits per heavy atom. The van der Waals surface area contributed by atoms with Gasteiger partial charge in [-0.1, -0.05) is 13.0 Å². The molecule has 2 aromatic carbocycles. The molecule has 0 radical (unpaired) electrons. The summed E-state index contributed by atoms with van der Waals surface area (Å²) >= 11 is 0. The van der Waals surface area contributed by atoms with E-state index in [4.69, 9.17) is 18.9 Å². The summed E-state index contributed by atoms with van der Waals surface area (Å²) in [5.74, 6) is -5.26. The molecule has 0 N–H and O–H groups in total. The third-order valence-electron chi connectivity index (χ3n) is 6.09. The maximum absolute atomic E-state index is 14.7. The Balaban J connectivity index is 1.38. The van der Waals surface area contributed by atoms with Gasteiger partial charge in [0.2, 0.25) is 0 Å². The Morgan fingerprint density at radius 2 is 1.56 bits per heavy atom. The summed E-state index contributed by atoms with van der Waals surface area (Å²) in [6.07, 6.45) is -1.23. The Hall–Kier alpha value is -2.99. The van der Waals surface area contributed by atoms with E-state index in [-0.39, 0.29) is 54.1 Å². The number of allylic oxidation sites excluding steroid dienone is 2. The van der Waals surface area contributed by atoms with Gasteiger partial charge in [-0.2, -0.15) is 8.78 Å². The third-order valence-corrected chi connectivity index (χ3v) is 6.09. The van der Waals surface area contributed by atoms with Gasteiger partial charge in [-0.05, 0) is 48.7 Å². The van der Waals surface area contributed by atoms with Gasteiger partial charge in [-0.25, -0.2) is 22.0 Å². The fourth-order valence-electron chi connectivity index (χ4n) is 4.16. The molecule has 0 saturated carbocycles. The van der Waals surface area contributed by atoms with Gasteiger partial charge in [-0.3, -0.25) is 0 Å². The lowest BCUT2D eigenvalue weighted by molar-refractivity contribution is -0.230. The van der Waals surface area contributed by atoms with Crippen molar-refractivity contribution in [2.45, 2.75) is 44.9 Å². The zero-order valence-electron chi connectivity index (χ0n) is 20.8. The minimum absolute atomic E-state index is 0.0269. The fourth-order valence-corrected chi connectivity index (χ4v) is 4.16. The molecule has 1 saturated heterocycles. The standard InChI is InChI=1S/C28H25F7O4/c1-2-5-36-18-12-38-28(39-13-18)16-8-24(31)21(25(32)9-16)14-37-17-3-4-19(26(33)10-17)15-6-22(29)20(11-27(34)35)23(30)7-15/h4,6-11,17-18,28H,2-3,5,12-14H2,1H3. The van der Waals surface area contributed by atoms with Crippen LogP contribution < -0.4 is 0 Å². The number of hydrogen-bond acceptors (Lipinski definition) is 4. The Bertz CT molecular complexity index is 1230. The highest BCUT2D eigenvalue weighted by atomic mass is 19.3. The van der Waals surface area contributed by atoms with Crippen LogP contribution in [0.15, 0.2) is 48.3 Å². The van der Waals surface area contributed by atoms with Crippen molar-refractivity contribution in [2.75, 3.05) is 19.8 Å². The number of ether oxygens (including phenoxy) is 4. The summed E-state index contributed by atoms with van der Waals surface area (Å²) in [5.41, 5.74) is -1.54. The second-order valence-corrected chi connectivity index (χ2v) is 8.96. The minimum Gasteiger partial charge on any atom is -0.373 e. The van der Waals surface area contributed by atoms with Crippen molar-refractivity contribution in [3.63, 3.8) is 0 Å². The number of benzene rings is 2. The maximum Gasteiger partial charge on any atom is 0.271 e. The molecule has 0 bridgehead atoms. The SMILES string of the molecule is CCCOC1COC(c2cc(F)c(COC3C=C(F)C(c4cc(F)c(C=C(F)F)c(F)c4)=CC3)c(F)c2)OC1. The van der Waals surface area contributed by atoms with E-state index in [1.165, 1.54) is 6.08 Å². The lowest BCUT2D eigenvalue weighted by Gasteiger charge is -2.29. The van der Waals surface area contributed by atoms with Crippen molar-refractivity contribution in [3.05, 3.63) is 93.8 Å². The fraction of sp³-hybridized carbons (Fsp3) is 0.357. The molecule has 1 heterocycles. The summed E-state index contributed by atoms with van der Waals surface area (Å²) in [7, 11) is 0. The molecule has 1 fully saturated rings. The molecule has 0 amide bonds. The molecule has 39 heavy (non-hydrogen) atoms. The molecule has 1 aliphatic carbocycles. The van der Waals surface area contributed by atoms with E-state index in [1.807, 2.05) is 6.92 Å². The van der Waals surface area contributed by atoms with Crippen LogP contribution in [0.5, 0.6) is 0 Å². The number of hydrogen-bond donors (Lipinski definition) is 0. The first-order valence-electron chi connectivity index (χ1n) is 12.2. The molecule has 4 rings (SSSR count). The van der Waals surface area contributed by atoms with Crippen LogP contribution in [0.25, 0.3) is 11.6 Å². The second kappa shape index (κ2) is 12.9. The van der Waals surface area contributed by atoms with Crippen LogP contribution in [-0.4, -0.2) is 32.0 Å². The largest absolute Gasteiger partial charge is 0.373 e. The maximum atomic E-state index is 14.7. The van der Waals surface area contributed by atoms with E-state index in [2.05, 4.69) is 0 Å². The highest BCUT2D eigenvalue weighted by molar-refractivity contribution is 5.78. The van der Waals surface area contributed by atoms with E-state index in [0.29, 0.717) is 6.61 Å². The van der Waals surface area contributed by atoms with E-state index >= 15 is 0 Å². The summed E-state index contributed by atoms with van der Waals surface area (Å²) in [4.78, 5) is 0. The van der Waals surface area contributed by atoms with Gasteiger partial charge < -0.3 is 18.9 Å². The first-order valence-corrected chi connectivity index (χ1v) is 12.2. The van der Waals surface area contributed by atoms with Crippen molar-refractivity contribution in [1.29, 1.82) is 0 Å². The Labute approximate surface area is 220 Å². The van der Waals surface area contributed by atoms with Gasteiger partial charge in [0, 0.05) is 29.4 Å². The topological polar surface area (TPSA) is 36.9 Å². The van der Waals surface area contributed by atoms with E-state index < -0.39 is 59.7 Å². The molecule has 4 nitrogen and oxygen atoms in total. The number of rotatable bonds is 9. The van der Waals surface area contributed by atoms with Crippen molar-refractivity contribution < 1.29 is 49.7 Å². The normalized spacial score (nSPS) is 21.4. The smallest absolute Gasteiger partial charge is 0.271 e. The second-order valence-electron chi connectivity index (χ2n) is 8.96. The summed E-state index contributed by atoms with van der Waals surface area (Å²) in [6, 6.07) is 3.63. The van der Waals surface area contributed by atoms with Gasteiger partial charge in [0.05, 0.1) is 31.5 Å². The summed E-state index contributed by atoms with van der Waals surface area (Å²) in [5, 5.41) is 0.